The van der Waals surface area contributed by atoms with E-state index in [1.807, 2.05) is 0 Å². The molecule has 2 rings (SSSR count). The molecule has 1 saturated carbocycles. The Kier molecular flexibility index (Phi) is 5.20. The van der Waals surface area contributed by atoms with Crippen molar-refractivity contribution in [3.63, 3.8) is 0 Å². The van der Waals surface area contributed by atoms with Crippen LogP contribution in [0.1, 0.15) is 59.1 Å². The summed E-state index contributed by atoms with van der Waals surface area (Å²) in [6.45, 7) is 9.93. The second-order valence-corrected chi connectivity index (χ2v) is 7.26. The number of anilines is 1. The van der Waals surface area contributed by atoms with E-state index < -0.39 is 0 Å². The third-order valence-electron chi connectivity index (χ3n) is 4.61. The van der Waals surface area contributed by atoms with Crippen molar-refractivity contribution in [3.8, 4) is 0 Å². The zero-order chi connectivity index (χ0) is 15.5. The van der Waals surface area contributed by atoms with E-state index in [-0.39, 0.29) is 5.41 Å². The van der Waals surface area contributed by atoms with Crippen molar-refractivity contribution in [2.24, 2.45) is 0 Å². The average molecular weight is 290 g/mol. The molecule has 118 valence electrons. The maximum atomic E-state index is 4.39. The Balaban J connectivity index is 1.92. The van der Waals surface area contributed by atoms with Gasteiger partial charge in [-0.3, -0.25) is 0 Å². The summed E-state index contributed by atoms with van der Waals surface area (Å²) in [5, 5.41) is 3.60. The molecule has 0 saturated heterocycles. The maximum absolute atomic E-state index is 4.39. The van der Waals surface area contributed by atoms with Gasteiger partial charge in [0, 0.05) is 23.6 Å². The predicted molar refractivity (Wildman–Crippen MR) is 88.7 cm³/mol. The normalized spacial score (nSPS) is 23.3. The lowest BCUT2D eigenvalue weighted by Gasteiger charge is -2.34. The van der Waals surface area contributed by atoms with Crippen LogP contribution in [-0.2, 0) is 5.41 Å². The van der Waals surface area contributed by atoms with Crippen LogP contribution in [0.3, 0.4) is 0 Å². The zero-order valence-corrected chi connectivity index (χ0v) is 14.2. The van der Waals surface area contributed by atoms with Gasteiger partial charge in [-0.15, -0.1) is 0 Å². The summed E-state index contributed by atoms with van der Waals surface area (Å²) in [6.07, 6.45) is 6.69. The smallest absolute Gasteiger partial charge is 0.129 e. The first-order chi connectivity index (χ1) is 9.90. The van der Waals surface area contributed by atoms with Crippen molar-refractivity contribution in [3.05, 3.63) is 18.1 Å². The van der Waals surface area contributed by atoms with Crippen LogP contribution in [-0.4, -0.2) is 40.5 Å². The number of hydrogen-bond donors (Lipinski definition) is 1. The highest BCUT2D eigenvalue weighted by Crippen LogP contribution is 2.26. The molecule has 1 aromatic rings. The Morgan fingerprint density at radius 3 is 2.43 bits per heavy atom. The van der Waals surface area contributed by atoms with Crippen LogP contribution in [0.4, 0.5) is 5.82 Å². The molecule has 0 aromatic carbocycles. The molecule has 0 bridgehead atoms. The highest BCUT2D eigenvalue weighted by molar-refractivity contribution is 5.37. The summed E-state index contributed by atoms with van der Waals surface area (Å²) < 4.78 is 0. The minimum absolute atomic E-state index is 0.0703. The molecule has 21 heavy (non-hydrogen) atoms. The van der Waals surface area contributed by atoms with Gasteiger partial charge >= 0.3 is 0 Å². The van der Waals surface area contributed by atoms with Crippen LogP contribution in [0.15, 0.2) is 12.4 Å². The third kappa shape index (κ3) is 4.40. The van der Waals surface area contributed by atoms with Gasteiger partial charge in [-0.25, -0.2) is 9.97 Å². The van der Waals surface area contributed by atoms with E-state index in [4.69, 9.17) is 0 Å². The van der Waals surface area contributed by atoms with Gasteiger partial charge in [-0.1, -0.05) is 27.7 Å². The summed E-state index contributed by atoms with van der Waals surface area (Å²) in [4.78, 5) is 11.2. The monoisotopic (exact) mass is 290 g/mol. The van der Waals surface area contributed by atoms with Gasteiger partial charge in [-0.05, 0) is 39.3 Å². The summed E-state index contributed by atoms with van der Waals surface area (Å²) in [6, 6.07) is 3.40. The minimum Gasteiger partial charge on any atom is -0.367 e. The molecule has 1 aromatic heterocycles. The molecule has 4 heteroatoms. The van der Waals surface area contributed by atoms with Crippen molar-refractivity contribution in [1.82, 2.24) is 14.9 Å². The summed E-state index contributed by atoms with van der Waals surface area (Å²) in [7, 11) is 2.23. The molecular formula is C17H30N4. The highest BCUT2D eigenvalue weighted by atomic mass is 15.1. The van der Waals surface area contributed by atoms with E-state index in [9.17, 15) is 0 Å². The Bertz CT molecular complexity index is 444. The van der Waals surface area contributed by atoms with Gasteiger partial charge in [0.05, 0.1) is 5.69 Å². The second-order valence-electron chi connectivity index (χ2n) is 7.26. The van der Waals surface area contributed by atoms with E-state index in [1.54, 1.807) is 6.33 Å². The van der Waals surface area contributed by atoms with E-state index in [2.05, 4.69) is 61.0 Å². The fourth-order valence-corrected chi connectivity index (χ4v) is 2.97. The number of aromatic nitrogens is 2. The van der Waals surface area contributed by atoms with Gasteiger partial charge in [0.15, 0.2) is 0 Å². The summed E-state index contributed by atoms with van der Waals surface area (Å²) in [5.74, 6) is 0.974. The first kappa shape index (κ1) is 16.2. The number of nitrogens with zero attached hydrogens (tertiary/aromatic N) is 3. The lowest BCUT2D eigenvalue weighted by atomic mass is 9.90. The summed E-state index contributed by atoms with van der Waals surface area (Å²) >= 11 is 0. The van der Waals surface area contributed by atoms with Crippen LogP contribution in [0, 0.1) is 0 Å². The Morgan fingerprint density at radius 2 is 1.86 bits per heavy atom. The molecule has 1 aliphatic rings. The maximum Gasteiger partial charge on any atom is 0.129 e. The van der Waals surface area contributed by atoms with Crippen LogP contribution in [0.5, 0.6) is 0 Å². The molecule has 0 radical (unpaired) electrons. The van der Waals surface area contributed by atoms with Crippen molar-refractivity contribution < 1.29 is 0 Å². The standard InChI is InChI=1S/C17H30N4/c1-6-21(5)14-9-7-13(8-10-14)20-16-11-15(17(2,3)4)18-12-19-16/h11-14H,6-10H2,1-5H3,(H,18,19,20). The van der Waals surface area contributed by atoms with Crippen LogP contribution in [0.25, 0.3) is 0 Å². The lowest BCUT2D eigenvalue weighted by molar-refractivity contribution is 0.194. The molecule has 1 heterocycles. The molecular weight excluding hydrogens is 260 g/mol. The second kappa shape index (κ2) is 6.73. The fraction of sp³-hybridized carbons (Fsp3) is 0.765. The lowest BCUT2D eigenvalue weighted by Crippen LogP contribution is -2.38. The van der Waals surface area contributed by atoms with Crippen LogP contribution >= 0.6 is 0 Å². The van der Waals surface area contributed by atoms with Crippen LogP contribution < -0.4 is 5.32 Å². The third-order valence-corrected chi connectivity index (χ3v) is 4.61. The predicted octanol–water partition coefficient (Wildman–Crippen LogP) is 3.45. The molecule has 1 fully saturated rings. The quantitative estimate of drug-likeness (QED) is 0.922. The molecule has 0 amide bonds. The average Bonchev–Trinajstić information content (AvgIpc) is 2.47. The molecule has 0 atom stereocenters. The highest BCUT2D eigenvalue weighted by Gasteiger charge is 2.24. The molecule has 1 aliphatic carbocycles. The number of hydrogen-bond acceptors (Lipinski definition) is 4. The largest absolute Gasteiger partial charge is 0.367 e. The Hall–Kier alpha value is -1.16. The topological polar surface area (TPSA) is 41.0 Å². The fourth-order valence-electron chi connectivity index (χ4n) is 2.97. The zero-order valence-electron chi connectivity index (χ0n) is 14.2. The Morgan fingerprint density at radius 1 is 1.19 bits per heavy atom. The van der Waals surface area contributed by atoms with Crippen LogP contribution in [0.2, 0.25) is 0 Å². The number of rotatable bonds is 4. The van der Waals surface area contributed by atoms with Gasteiger partial charge in [-0.2, -0.15) is 0 Å². The molecule has 4 nitrogen and oxygen atoms in total. The molecule has 1 N–H and O–H groups in total. The first-order valence-electron chi connectivity index (χ1n) is 8.19. The van der Waals surface area contributed by atoms with Crippen molar-refractivity contribution in [1.29, 1.82) is 0 Å². The molecule has 0 aliphatic heterocycles. The Labute approximate surface area is 129 Å². The molecule has 0 spiro atoms. The van der Waals surface area contributed by atoms with Crippen molar-refractivity contribution in [2.45, 2.75) is 70.9 Å². The van der Waals surface area contributed by atoms with E-state index in [1.165, 1.54) is 25.7 Å². The number of nitrogens with one attached hydrogen (secondary N) is 1. The van der Waals surface area contributed by atoms with Gasteiger partial charge in [0.2, 0.25) is 0 Å². The van der Waals surface area contributed by atoms with Crippen molar-refractivity contribution in [2.75, 3.05) is 18.9 Å². The molecule has 0 unspecified atom stereocenters. The van der Waals surface area contributed by atoms with E-state index >= 15 is 0 Å². The first-order valence-corrected chi connectivity index (χ1v) is 8.19. The van der Waals surface area contributed by atoms with Gasteiger partial charge in [0.25, 0.3) is 0 Å². The van der Waals surface area contributed by atoms with E-state index in [0.29, 0.717) is 6.04 Å². The summed E-state index contributed by atoms with van der Waals surface area (Å²) in [5.41, 5.74) is 1.17. The van der Waals surface area contributed by atoms with E-state index in [0.717, 1.165) is 24.1 Å². The SMILES string of the molecule is CCN(C)C1CCC(Nc2cc(C(C)(C)C)ncn2)CC1. The minimum atomic E-state index is 0.0703. The van der Waals surface area contributed by atoms with Gasteiger partial charge < -0.3 is 10.2 Å². The van der Waals surface area contributed by atoms with Gasteiger partial charge in [0.1, 0.15) is 12.1 Å². The van der Waals surface area contributed by atoms with Crippen molar-refractivity contribution >= 4 is 5.82 Å².